The molecule has 0 saturated carbocycles. The van der Waals surface area contributed by atoms with Crippen molar-refractivity contribution in [3.63, 3.8) is 0 Å². The van der Waals surface area contributed by atoms with E-state index >= 15 is 0 Å². The molecule has 0 saturated heterocycles. The SMILES string of the molecule is Cc1ccccc1-c1ccc(Nc2nccc3ccc(CNCC(=O)N(C)C)nc23)c(Nc2nc3cnccc3cc2CNCC(=O)O)c1C. The Hall–Kier alpha value is -5.98. The average Bonchev–Trinajstić information content (AvgIpc) is 3.10. The molecule has 0 aliphatic heterocycles. The first-order chi connectivity index (χ1) is 24.2. The predicted octanol–water partition coefficient (Wildman–Crippen LogP) is 5.70. The van der Waals surface area contributed by atoms with Crippen LogP contribution in [0.2, 0.25) is 0 Å². The number of aliphatic carboxylic acids is 1. The molecule has 0 aliphatic rings. The minimum Gasteiger partial charge on any atom is -0.480 e. The molecule has 5 N–H and O–H groups in total. The Morgan fingerprint density at radius 1 is 0.800 bits per heavy atom. The first kappa shape index (κ1) is 33.9. The second-order valence-electron chi connectivity index (χ2n) is 12.2. The van der Waals surface area contributed by atoms with Crippen molar-refractivity contribution in [3.05, 3.63) is 108 Å². The fraction of sp³-hybridized carbons (Fsp3) is 0.211. The van der Waals surface area contributed by atoms with Gasteiger partial charge < -0.3 is 31.3 Å². The number of amides is 1. The van der Waals surface area contributed by atoms with Crippen LogP contribution in [0.5, 0.6) is 0 Å². The smallest absolute Gasteiger partial charge is 0.317 e. The van der Waals surface area contributed by atoms with Crippen LogP contribution in [-0.4, -0.2) is 69.0 Å². The van der Waals surface area contributed by atoms with Crippen LogP contribution in [-0.2, 0) is 22.7 Å². The monoisotopic (exact) mass is 669 g/mol. The van der Waals surface area contributed by atoms with Crippen LogP contribution >= 0.6 is 0 Å². The summed E-state index contributed by atoms with van der Waals surface area (Å²) in [6.45, 7) is 4.87. The summed E-state index contributed by atoms with van der Waals surface area (Å²) in [5.41, 5.74) is 8.76. The number of carbonyl (C=O) groups is 2. The molecule has 4 heterocycles. The quantitative estimate of drug-likeness (QED) is 0.103. The molecule has 6 rings (SSSR count). The summed E-state index contributed by atoms with van der Waals surface area (Å²) in [5, 5.41) is 24.4. The predicted molar refractivity (Wildman–Crippen MR) is 197 cm³/mol. The average molecular weight is 670 g/mol. The zero-order chi connectivity index (χ0) is 35.2. The molecule has 0 spiro atoms. The van der Waals surface area contributed by atoms with Crippen LogP contribution in [0.15, 0.2) is 85.3 Å². The van der Waals surface area contributed by atoms with Crippen molar-refractivity contribution in [1.82, 2.24) is 35.5 Å². The number of nitrogens with one attached hydrogen (secondary N) is 4. The van der Waals surface area contributed by atoms with Crippen molar-refractivity contribution in [3.8, 4) is 11.1 Å². The van der Waals surface area contributed by atoms with Gasteiger partial charge >= 0.3 is 5.97 Å². The van der Waals surface area contributed by atoms with E-state index in [0.29, 0.717) is 29.2 Å². The van der Waals surface area contributed by atoms with Crippen LogP contribution in [0.4, 0.5) is 23.0 Å². The molecule has 254 valence electrons. The molecule has 0 unspecified atom stereocenters. The molecule has 4 aromatic heterocycles. The number of fused-ring (bicyclic) bond motifs is 2. The van der Waals surface area contributed by atoms with E-state index in [1.807, 2.05) is 48.5 Å². The summed E-state index contributed by atoms with van der Waals surface area (Å²) < 4.78 is 0. The van der Waals surface area contributed by atoms with Gasteiger partial charge in [0.2, 0.25) is 5.91 Å². The Morgan fingerprint density at radius 2 is 1.60 bits per heavy atom. The molecule has 0 radical (unpaired) electrons. The zero-order valence-electron chi connectivity index (χ0n) is 28.4. The van der Waals surface area contributed by atoms with Gasteiger partial charge in [-0.05, 0) is 66.4 Å². The molecular formula is C38H39N9O3. The third-order valence-corrected chi connectivity index (χ3v) is 8.43. The van der Waals surface area contributed by atoms with Gasteiger partial charge in [0.15, 0.2) is 5.82 Å². The highest BCUT2D eigenvalue weighted by Crippen LogP contribution is 2.39. The molecule has 0 atom stereocenters. The van der Waals surface area contributed by atoms with Gasteiger partial charge in [-0.25, -0.2) is 15.0 Å². The summed E-state index contributed by atoms with van der Waals surface area (Å²) in [7, 11) is 3.45. The van der Waals surface area contributed by atoms with Crippen molar-refractivity contribution < 1.29 is 14.7 Å². The Bertz CT molecular complexity index is 2200. The number of benzene rings is 2. The highest BCUT2D eigenvalue weighted by Gasteiger charge is 2.18. The van der Waals surface area contributed by atoms with E-state index in [9.17, 15) is 14.7 Å². The number of likely N-dealkylation sites (N-methyl/N-ethyl adjacent to an activating group) is 1. The number of carboxylic acid groups (broad SMARTS) is 1. The fourth-order valence-electron chi connectivity index (χ4n) is 5.73. The Labute approximate surface area is 290 Å². The molecule has 0 fully saturated rings. The number of hydrogen-bond donors (Lipinski definition) is 5. The molecule has 50 heavy (non-hydrogen) atoms. The molecule has 12 nitrogen and oxygen atoms in total. The van der Waals surface area contributed by atoms with E-state index in [4.69, 9.17) is 15.0 Å². The maximum Gasteiger partial charge on any atom is 0.317 e. The number of nitrogens with zero attached hydrogens (tertiary/aromatic N) is 5. The van der Waals surface area contributed by atoms with E-state index in [-0.39, 0.29) is 25.5 Å². The third kappa shape index (κ3) is 7.67. The number of hydrogen-bond acceptors (Lipinski definition) is 10. The second-order valence-corrected chi connectivity index (χ2v) is 12.2. The Balaban J connectivity index is 1.42. The lowest BCUT2D eigenvalue weighted by molar-refractivity contribution is -0.136. The van der Waals surface area contributed by atoms with E-state index in [1.54, 1.807) is 37.6 Å². The molecule has 0 bridgehead atoms. The maximum absolute atomic E-state index is 12.1. The number of rotatable bonds is 13. The van der Waals surface area contributed by atoms with Gasteiger partial charge in [-0.15, -0.1) is 0 Å². The van der Waals surface area contributed by atoms with Crippen LogP contribution in [0.1, 0.15) is 22.4 Å². The lowest BCUT2D eigenvalue weighted by atomic mass is 9.94. The van der Waals surface area contributed by atoms with Gasteiger partial charge in [0.05, 0.1) is 41.9 Å². The summed E-state index contributed by atoms with van der Waals surface area (Å²) in [6.07, 6.45) is 5.16. The summed E-state index contributed by atoms with van der Waals surface area (Å²) in [4.78, 5) is 43.7. The van der Waals surface area contributed by atoms with Crippen LogP contribution in [0.3, 0.4) is 0 Å². The van der Waals surface area contributed by atoms with Crippen molar-refractivity contribution in [1.29, 1.82) is 0 Å². The van der Waals surface area contributed by atoms with Gasteiger partial charge in [0, 0.05) is 55.9 Å². The number of carbonyl (C=O) groups excluding carboxylic acids is 1. The van der Waals surface area contributed by atoms with Gasteiger partial charge in [0.25, 0.3) is 0 Å². The highest BCUT2D eigenvalue weighted by molar-refractivity contribution is 5.94. The number of anilines is 4. The maximum atomic E-state index is 12.1. The van der Waals surface area contributed by atoms with E-state index in [0.717, 1.165) is 55.7 Å². The molecule has 12 heteroatoms. The van der Waals surface area contributed by atoms with E-state index in [1.165, 1.54) is 0 Å². The van der Waals surface area contributed by atoms with Crippen LogP contribution in [0.25, 0.3) is 32.9 Å². The Kier molecular flexibility index (Phi) is 10.2. The van der Waals surface area contributed by atoms with Crippen LogP contribution in [0, 0.1) is 13.8 Å². The van der Waals surface area contributed by atoms with E-state index in [2.05, 4.69) is 58.3 Å². The van der Waals surface area contributed by atoms with Gasteiger partial charge in [-0.3, -0.25) is 14.6 Å². The van der Waals surface area contributed by atoms with Crippen LogP contribution < -0.4 is 21.3 Å². The van der Waals surface area contributed by atoms with Crippen molar-refractivity contribution in [2.45, 2.75) is 26.9 Å². The lowest BCUT2D eigenvalue weighted by Gasteiger charge is -2.21. The minimum absolute atomic E-state index is 0.0163. The van der Waals surface area contributed by atoms with Gasteiger partial charge in [-0.1, -0.05) is 36.4 Å². The van der Waals surface area contributed by atoms with Gasteiger partial charge in [-0.2, -0.15) is 0 Å². The number of carboxylic acids is 1. The van der Waals surface area contributed by atoms with E-state index < -0.39 is 5.97 Å². The third-order valence-electron chi connectivity index (χ3n) is 8.43. The van der Waals surface area contributed by atoms with Gasteiger partial charge in [0.1, 0.15) is 11.3 Å². The topological polar surface area (TPSA) is 157 Å². The summed E-state index contributed by atoms with van der Waals surface area (Å²) >= 11 is 0. The summed E-state index contributed by atoms with van der Waals surface area (Å²) in [6, 6.07) is 22.1. The molecular weight excluding hydrogens is 630 g/mol. The Morgan fingerprint density at radius 3 is 2.40 bits per heavy atom. The molecule has 6 aromatic rings. The number of aromatic nitrogens is 4. The van der Waals surface area contributed by atoms with Crippen molar-refractivity contribution in [2.24, 2.45) is 0 Å². The standard InChI is InChI=1S/C38H39N9O3/c1-23-7-5-6-8-29(23)30-11-12-31(44-38-36-25(14-16-42-38)9-10-28(43-36)19-41-21-33(48)47(3)4)35(24(30)2)46-37-27(18-40-22-34(49)50)17-26-13-15-39-20-32(26)45-37/h5-17,20,40-41H,18-19,21-22H2,1-4H3,(H,42,44)(H,45,46)(H,49,50). The molecule has 1 amide bonds. The van der Waals surface area contributed by atoms with Crippen molar-refractivity contribution in [2.75, 3.05) is 37.8 Å². The molecule has 2 aromatic carbocycles. The second kappa shape index (κ2) is 15.1. The lowest BCUT2D eigenvalue weighted by Crippen LogP contribution is -2.32. The minimum atomic E-state index is -0.942. The normalized spacial score (nSPS) is 11.1. The number of pyridine rings is 4. The number of aryl methyl sites for hydroxylation is 1. The van der Waals surface area contributed by atoms with Crippen molar-refractivity contribution >= 4 is 56.7 Å². The zero-order valence-corrected chi connectivity index (χ0v) is 28.4. The summed E-state index contributed by atoms with van der Waals surface area (Å²) in [5.74, 6) is 0.181. The highest BCUT2D eigenvalue weighted by atomic mass is 16.4. The largest absolute Gasteiger partial charge is 0.480 e. The molecule has 0 aliphatic carbocycles. The first-order valence-electron chi connectivity index (χ1n) is 16.2. The first-order valence-corrected chi connectivity index (χ1v) is 16.2. The fourth-order valence-corrected chi connectivity index (χ4v) is 5.73.